The Hall–Kier alpha value is -3.73. The number of rotatable bonds is 4. The Morgan fingerprint density at radius 1 is 1.06 bits per heavy atom. The topological polar surface area (TPSA) is 91.9 Å². The van der Waals surface area contributed by atoms with Crippen molar-refractivity contribution in [3.8, 4) is 22.8 Å². The van der Waals surface area contributed by atoms with Crippen molar-refractivity contribution >= 4 is 11.6 Å². The van der Waals surface area contributed by atoms with Crippen molar-refractivity contribution in [2.24, 2.45) is 0 Å². The first kappa shape index (κ1) is 20.5. The zero-order chi connectivity index (χ0) is 22.2. The summed E-state index contributed by atoms with van der Waals surface area (Å²) in [5, 5.41) is 0.0752. The second-order valence-electron chi connectivity index (χ2n) is 6.31. The average Bonchev–Trinajstić information content (AvgIpc) is 2.69. The molecule has 2 aromatic rings. The van der Waals surface area contributed by atoms with Gasteiger partial charge in [-0.2, -0.15) is 4.98 Å². The van der Waals surface area contributed by atoms with E-state index in [-0.39, 0.29) is 28.9 Å². The van der Waals surface area contributed by atoms with E-state index >= 15 is 0 Å². The van der Waals surface area contributed by atoms with Gasteiger partial charge in [0.2, 0.25) is 5.28 Å². The summed E-state index contributed by atoms with van der Waals surface area (Å²) in [6.45, 7) is 0.208. The van der Waals surface area contributed by atoms with Crippen molar-refractivity contribution in [2.75, 3.05) is 0 Å². The molecule has 0 atom stereocenters. The molecular weight excluding hydrogens is 439 g/mol. The zero-order valence-corrected chi connectivity index (χ0v) is 16.1. The van der Waals surface area contributed by atoms with Crippen LogP contribution < -0.4 is 16.0 Å². The molecule has 0 unspecified atom stereocenters. The lowest BCUT2D eigenvalue weighted by atomic mass is 10.2. The standard InChI is InChI=1S/C19H11ClF3N5O3/c20-17-24-8-11(9-25-17)10-27-6-2-5-14-15(27)26-18(30)28(16(14)29)12-3-1-4-13(7-12)31-19(21,22)23/h1-9H,10H2. The molecule has 0 amide bonds. The van der Waals surface area contributed by atoms with Gasteiger partial charge in [0.05, 0.1) is 17.8 Å². The number of alkyl halides is 3. The van der Waals surface area contributed by atoms with E-state index in [1.54, 1.807) is 16.8 Å². The number of fused-ring (bicyclic) bond motifs is 1. The molecule has 0 fully saturated rings. The zero-order valence-electron chi connectivity index (χ0n) is 15.4. The third-order valence-electron chi connectivity index (χ3n) is 4.20. The Morgan fingerprint density at radius 2 is 1.81 bits per heavy atom. The van der Waals surface area contributed by atoms with Crippen LogP contribution in [-0.4, -0.2) is 30.4 Å². The van der Waals surface area contributed by atoms with Crippen LogP contribution in [-0.2, 0) is 6.54 Å². The lowest BCUT2D eigenvalue weighted by molar-refractivity contribution is -0.274. The first-order chi connectivity index (χ1) is 14.7. The fourth-order valence-corrected chi connectivity index (χ4v) is 3.07. The fourth-order valence-electron chi connectivity index (χ4n) is 2.97. The minimum atomic E-state index is -4.91. The molecule has 2 aliphatic heterocycles. The molecule has 158 valence electrons. The first-order valence-electron chi connectivity index (χ1n) is 8.66. The Kier molecular flexibility index (Phi) is 5.19. The highest BCUT2D eigenvalue weighted by molar-refractivity contribution is 6.28. The van der Waals surface area contributed by atoms with Crippen LogP contribution in [0.2, 0.25) is 5.28 Å². The van der Waals surface area contributed by atoms with Gasteiger partial charge in [-0.15, -0.1) is 13.2 Å². The molecule has 4 rings (SSSR count). The number of hydrogen-bond acceptors (Lipinski definition) is 6. The van der Waals surface area contributed by atoms with Crippen LogP contribution in [0.5, 0.6) is 5.75 Å². The molecule has 0 spiro atoms. The highest BCUT2D eigenvalue weighted by Gasteiger charge is 2.31. The first-order valence-corrected chi connectivity index (χ1v) is 9.04. The molecule has 31 heavy (non-hydrogen) atoms. The lowest BCUT2D eigenvalue weighted by Gasteiger charge is -2.15. The Labute approximate surface area is 176 Å². The van der Waals surface area contributed by atoms with Crippen LogP contribution in [0.3, 0.4) is 0 Å². The van der Waals surface area contributed by atoms with E-state index in [2.05, 4.69) is 19.7 Å². The van der Waals surface area contributed by atoms with E-state index in [4.69, 9.17) is 11.6 Å². The van der Waals surface area contributed by atoms with Crippen LogP contribution in [0.25, 0.3) is 17.1 Å². The molecule has 0 saturated heterocycles. The monoisotopic (exact) mass is 449 g/mol. The molecule has 2 aliphatic rings. The summed E-state index contributed by atoms with van der Waals surface area (Å²) >= 11 is 5.68. The van der Waals surface area contributed by atoms with Gasteiger partial charge in [0, 0.05) is 30.2 Å². The van der Waals surface area contributed by atoms with Crippen LogP contribution in [0.4, 0.5) is 13.2 Å². The van der Waals surface area contributed by atoms with Gasteiger partial charge in [0.25, 0.3) is 5.56 Å². The van der Waals surface area contributed by atoms with Crippen LogP contribution in [0.1, 0.15) is 5.56 Å². The van der Waals surface area contributed by atoms with E-state index in [1.165, 1.54) is 30.6 Å². The van der Waals surface area contributed by atoms with Crippen LogP contribution >= 0.6 is 11.6 Å². The van der Waals surface area contributed by atoms with Gasteiger partial charge in [-0.1, -0.05) is 6.07 Å². The number of hydrogen-bond donors (Lipinski definition) is 0. The number of aromatic nitrogens is 5. The van der Waals surface area contributed by atoms with E-state index in [1.807, 2.05) is 0 Å². The third kappa shape index (κ3) is 4.40. The predicted octanol–water partition coefficient (Wildman–Crippen LogP) is 2.89. The summed E-state index contributed by atoms with van der Waals surface area (Å²) in [5.74, 6) is -0.464. The summed E-state index contributed by atoms with van der Waals surface area (Å²) in [6.07, 6.45) is -0.313. The maximum absolute atomic E-state index is 13.0. The number of halogens is 4. The minimum absolute atomic E-state index is 0.0752. The van der Waals surface area contributed by atoms with Gasteiger partial charge in [0.15, 0.2) is 5.82 Å². The van der Waals surface area contributed by atoms with Crippen molar-refractivity contribution < 1.29 is 17.9 Å². The second-order valence-corrected chi connectivity index (χ2v) is 6.65. The quantitative estimate of drug-likeness (QED) is 0.445. The molecule has 12 heteroatoms. The van der Waals surface area contributed by atoms with Crippen LogP contribution in [0, 0.1) is 0 Å². The average molecular weight is 450 g/mol. The third-order valence-corrected chi connectivity index (χ3v) is 4.40. The maximum Gasteiger partial charge on any atom is 0.573 e. The van der Waals surface area contributed by atoms with Crippen molar-refractivity contribution in [1.29, 1.82) is 0 Å². The van der Waals surface area contributed by atoms with Crippen LogP contribution in [0.15, 0.2) is 64.6 Å². The summed E-state index contributed by atoms with van der Waals surface area (Å²) in [6, 6.07) is 7.58. The fraction of sp³-hybridized carbons (Fsp3) is 0.105. The van der Waals surface area contributed by atoms with E-state index in [0.717, 1.165) is 12.1 Å². The number of pyridine rings is 1. The summed E-state index contributed by atoms with van der Waals surface area (Å²) in [7, 11) is 0. The second kappa shape index (κ2) is 7.84. The molecule has 0 aliphatic carbocycles. The summed E-state index contributed by atoms with van der Waals surface area (Å²) < 4.78 is 43.6. The molecule has 0 radical (unpaired) electrons. The van der Waals surface area contributed by atoms with Gasteiger partial charge in [-0.25, -0.2) is 19.3 Å². The van der Waals surface area contributed by atoms with Crippen molar-refractivity contribution in [3.63, 3.8) is 0 Å². The smallest absolute Gasteiger partial charge is 0.406 e. The number of ether oxygens (including phenoxy) is 1. The van der Waals surface area contributed by atoms with Gasteiger partial charge in [-0.3, -0.25) is 4.79 Å². The maximum atomic E-state index is 13.0. The van der Waals surface area contributed by atoms with Gasteiger partial charge >= 0.3 is 12.1 Å². The molecule has 0 bridgehead atoms. The highest BCUT2D eigenvalue weighted by atomic mass is 35.5. The SMILES string of the molecule is O=c1nc2n(Cc3cnc(Cl)nc3)cccc-2c(=O)n1-c1cccc(OC(F)(F)F)c1. The molecule has 1 aromatic carbocycles. The molecule has 0 saturated carbocycles. The summed E-state index contributed by atoms with van der Waals surface area (Å²) in [5.41, 5.74) is -1.04. The van der Waals surface area contributed by atoms with Crippen molar-refractivity contribution in [1.82, 2.24) is 24.1 Å². The molecular formula is C19H11ClF3N5O3. The normalized spacial score (nSPS) is 11.6. The van der Waals surface area contributed by atoms with Gasteiger partial charge < -0.3 is 9.30 Å². The molecule has 0 N–H and O–H groups in total. The number of nitrogens with zero attached hydrogens (tertiary/aromatic N) is 5. The molecule has 8 nitrogen and oxygen atoms in total. The Bertz CT molecular complexity index is 1340. The highest BCUT2D eigenvalue weighted by Crippen LogP contribution is 2.24. The Balaban J connectivity index is 1.80. The summed E-state index contributed by atoms with van der Waals surface area (Å²) in [4.78, 5) is 37.4. The lowest BCUT2D eigenvalue weighted by Crippen LogP contribution is -2.36. The molecule has 1 aromatic heterocycles. The largest absolute Gasteiger partial charge is 0.573 e. The minimum Gasteiger partial charge on any atom is -0.406 e. The molecule has 3 heterocycles. The Morgan fingerprint density at radius 3 is 2.52 bits per heavy atom. The predicted molar refractivity (Wildman–Crippen MR) is 104 cm³/mol. The van der Waals surface area contributed by atoms with Gasteiger partial charge in [0.1, 0.15) is 5.75 Å². The number of benzene rings is 1. The van der Waals surface area contributed by atoms with Crippen molar-refractivity contribution in [3.05, 3.63) is 86.7 Å². The van der Waals surface area contributed by atoms with E-state index < -0.39 is 23.4 Å². The van der Waals surface area contributed by atoms with Gasteiger partial charge in [-0.05, 0) is 35.9 Å². The van der Waals surface area contributed by atoms with Crippen molar-refractivity contribution in [2.45, 2.75) is 12.9 Å². The van der Waals surface area contributed by atoms with E-state index in [0.29, 0.717) is 10.1 Å². The van der Waals surface area contributed by atoms with E-state index in [9.17, 15) is 22.8 Å².